The minimum atomic E-state index is -0.442. The molecule has 1 amide bonds. The maximum absolute atomic E-state index is 12.0. The molecule has 6 heteroatoms. The van der Waals surface area contributed by atoms with Crippen LogP contribution in [0.15, 0.2) is 18.2 Å². The van der Waals surface area contributed by atoms with Gasteiger partial charge in [-0.2, -0.15) is 0 Å². The van der Waals surface area contributed by atoms with Gasteiger partial charge in [-0.25, -0.2) is 0 Å². The van der Waals surface area contributed by atoms with Crippen LogP contribution >= 0.6 is 0 Å². The Labute approximate surface area is 117 Å². The van der Waals surface area contributed by atoms with Crippen LogP contribution in [-0.2, 0) is 0 Å². The molecule has 2 rings (SSSR count). The molecule has 0 bridgehead atoms. The highest BCUT2D eigenvalue weighted by Crippen LogP contribution is 2.18. The zero-order chi connectivity index (χ0) is 14.5. The summed E-state index contributed by atoms with van der Waals surface area (Å²) in [6, 6.07) is 4.92. The number of benzene rings is 1. The molecule has 2 N–H and O–H groups in total. The fraction of sp³-hybridized carbons (Fsp3) is 0.500. The lowest BCUT2D eigenvalue weighted by molar-refractivity contribution is -0.385. The van der Waals surface area contributed by atoms with Crippen LogP contribution in [0.25, 0.3) is 0 Å². The molecule has 0 aromatic heterocycles. The van der Waals surface area contributed by atoms with E-state index < -0.39 is 4.92 Å². The highest BCUT2D eigenvalue weighted by Gasteiger charge is 2.15. The first-order chi connectivity index (χ1) is 9.58. The van der Waals surface area contributed by atoms with Crippen LogP contribution in [-0.4, -0.2) is 30.0 Å². The Morgan fingerprint density at radius 3 is 2.95 bits per heavy atom. The number of nitrogens with one attached hydrogen (secondary N) is 2. The molecule has 6 nitrogen and oxygen atoms in total. The van der Waals surface area contributed by atoms with E-state index >= 15 is 0 Å². The average Bonchev–Trinajstić information content (AvgIpc) is 2.91. The standard InChI is InChI=1S/C14H19N3O3/c1-10-9-11(4-5-13(10)17(19)20)14(18)16-8-6-12-3-2-7-15-12/h4-5,9,12,15H,2-3,6-8H2,1H3,(H,16,18). The second kappa shape index (κ2) is 6.47. The van der Waals surface area contributed by atoms with Crippen molar-refractivity contribution in [3.63, 3.8) is 0 Å². The van der Waals surface area contributed by atoms with E-state index in [1.807, 2.05) is 0 Å². The highest BCUT2D eigenvalue weighted by atomic mass is 16.6. The van der Waals surface area contributed by atoms with Gasteiger partial charge in [0.1, 0.15) is 0 Å². The van der Waals surface area contributed by atoms with Crippen LogP contribution in [0.4, 0.5) is 5.69 Å². The smallest absolute Gasteiger partial charge is 0.272 e. The fourth-order valence-electron chi connectivity index (χ4n) is 2.47. The number of nitro benzene ring substituents is 1. The van der Waals surface area contributed by atoms with Crippen LogP contribution in [0.3, 0.4) is 0 Å². The zero-order valence-corrected chi connectivity index (χ0v) is 11.5. The van der Waals surface area contributed by atoms with Gasteiger partial charge < -0.3 is 10.6 Å². The monoisotopic (exact) mass is 277 g/mol. The van der Waals surface area contributed by atoms with Crippen LogP contribution in [0, 0.1) is 17.0 Å². The van der Waals surface area contributed by atoms with E-state index in [2.05, 4.69) is 10.6 Å². The Morgan fingerprint density at radius 2 is 2.35 bits per heavy atom. The number of nitrogens with zero attached hydrogens (tertiary/aromatic N) is 1. The minimum absolute atomic E-state index is 0.0386. The van der Waals surface area contributed by atoms with Crippen molar-refractivity contribution >= 4 is 11.6 Å². The summed E-state index contributed by atoms with van der Waals surface area (Å²) in [5, 5.41) is 16.9. The molecule has 1 aliphatic rings. The van der Waals surface area contributed by atoms with E-state index in [4.69, 9.17) is 0 Å². The predicted molar refractivity (Wildman–Crippen MR) is 75.8 cm³/mol. The molecule has 1 heterocycles. The lowest BCUT2D eigenvalue weighted by Crippen LogP contribution is -2.30. The molecule has 1 unspecified atom stereocenters. The third kappa shape index (κ3) is 3.54. The number of rotatable bonds is 5. The summed E-state index contributed by atoms with van der Waals surface area (Å²) in [4.78, 5) is 22.2. The normalized spacial score (nSPS) is 17.9. The number of aryl methyl sites for hydroxylation is 1. The van der Waals surface area contributed by atoms with Crippen molar-refractivity contribution in [3.8, 4) is 0 Å². The SMILES string of the molecule is Cc1cc(C(=O)NCCC2CCCN2)ccc1[N+](=O)[O-]. The summed E-state index contributed by atoms with van der Waals surface area (Å²) in [6.45, 7) is 3.31. The zero-order valence-electron chi connectivity index (χ0n) is 11.5. The van der Waals surface area contributed by atoms with Crippen molar-refractivity contribution in [2.24, 2.45) is 0 Å². The van der Waals surface area contributed by atoms with Gasteiger partial charge >= 0.3 is 0 Å². The van der Waals surface area contributed by atoms with Gasteiger partial charge in [0, 0.05) is 29.8 Å². The Balaban J connectivity index is 1.88. The predicted octanol–water partition coefficient (Wildman–Crippen LogP) is 1.78. The van der Waals surface area contributed by atoms with E-state index in [1.54, 1.807) is 13.0 Å². The number of hydrogen-bond acceptors (Lipinski definition) is 4. The van der Waals surface area contributed by atoms with E-state index in [0.29, 0.717) is 23.7 Å². The fourth-order valence-corrected chi connectivity index (χ4v) is 2.47. The summed E-state index contributed by atoms with van der Waals surface area (Å²) in [7, 11) is 0. The quantitative estimate of drug-likeness (QED) is 0.634. The first kappa shape index (κ1) is 14.5. The minimum Gasteiger partial charge on any atom is -0.352 e. The summed E-state index contributed by atoms with van der Waals surface area (Å²) in [5.41, 5.74) is 1.00. The summed E-state index contributed by atoms with van der Waals surface area (Å²) in [5.74, 6) is -0.180. The molecule has 1 aliphatic heterocycles. The van der Waals surface area contributed by atoms with Gasteiger partial charge in [0.2, 0.25) is 0 Å². The van der Waals surface area contributed by atoms with E-state index in [-0.39, 0.29) is 11.6 Å². The number of hydrogen-bond donors (Lipinski definition) is 2. The van der Waals surface area contributed by atoms with Gasteiger partial charge in [-0.15, -0.1) is 0 Å². The molecular formula is C14H19N3O3. The van der Waals surface area contributed by atoms with E-state index in [0.717, 1.165) is 19.4 Å². The molecule has 1 aromatic rings. The van der Waals surface area contributed by atoms with Crippen LogP contribution in [0.5, 0.6) is 0 Å². The molecule has 0 saturated carbocycles. The third-order valence-electron chi connectivity index (χ3n) is 3.60. The summed E-state index contributed by atoms with van der Waals surface area (Å²) < 4.78 is 0. The molecule has 20 heavy (non-hydrogen) atoms. The van der Waals surface area contributed by atoms with Gasteiger partial charge in [0.05, 0.1) is 4.92 Å². The molecule has 0 spiro atoms. The molecule has 0 radical (unpaired) electrons. The number of amides is 1. The molecular weight excluding hydrogens is 258 g/mol. The number of carbonyl (C=O) groups is 1. The molecule has 0 aliphatic carbocycles. The number of carbonyl (C=O) groups excluding carboxylic acids is 1. The first-order valence-electron chi connectivity index (χ1n) is 6.84. The second-order valence-corrected chi connectivity index (χ2v) is 5.10. The van der Waals surface area contributed by atoms with Crippen molar-refractivity contribution in [1.82, 2.24) is 10.6 Å². The lowest BCUT2D eigenvalue weighted by atomic mass is 10.1. The third-order valence-corrected chi connectivity index (χ3v) is 3.60. The van der Waals surface area contributed by atoms with Crippen molar-refractivity contribution < 1.29 is 9.72 Å². The van der Waals surface area contributed by atoms with Gasteiger partial charge in [0.25, 0.3) is 11.6 Å². The Kier molecular flexibility index (Phi) is 4.68. The van der Waals surface area contributed by atoms with Crippen LogP contribution < -0.4 is 10.6 Å². The van der Waals surface area contributed by atoms with Crippen molar-refractivity contribution in [3.05, 3.63) is 39.4 Å². The van der Waals surface area contributed by atoms with Crippen LogP contribution in [0.2, 0.25) is 0 Å². The topological polar surface area (TPSA) is 84.3 Å². The van der Waals surface area contributed by atoms with E-state index in [9.17, 15) is 14.9 Å². The Morgan fingerprint density at radius 1 is 1.55 bits per heavy atom. The summed E-state index contributed by atoms with van der Waals surface area (Å²) in [6.07, 6.45) is 3.27. The molecule has 1 atom stereocenters. The number of nitro groups is 1. The van der Waals surface area contributed by atoms with Gasteiger partial charge in [0.15, 0.2) is 0 Å². The van der Waals surface area contributed by atoms with Crippen molar-refractivity contribution in [2.45, 2.75) is 32.2 Å². The van der Waals surface area contributed by atoms with E-state index in [1.165, 1.54) is 18.6 Å². The van der Waals surface area contributed by atoms with Crippen LogP contribution in [0.1, 0.15) is 35.2 Å². The maximum Gasteiger partial charge on any atom is 0.272 e. The van der Waals surface area contributed by atoms with Gasteiger partial charge in [-0.1, -0.05) is 0 Å². The average molecular weight is 277 g/mol. The maximum atomic E-state index is 12.0. The summed E-state index contributed by atoms with van der Waals surface area (Å²) >= 11 is 0. The lowest BCUT2D eigenvalue weighted by Gasteiger charge is -2.11. The van der Waals surface area contributed by atoms with Gasteiger partial charge in [-0.05, 0) is 44.9 Å². The highest BCUT2D eigenvalue weighted by molar-refractivity contribution is 5.94. The second-order valence-electron chi connectivity index (χ2n) is 5.10. The Hall–Kier alpha value is -1.95. The largest absolute Gasteiger partial charge is 0.352 e. The molecule has 1 saturated heterocycles. The molecule has 108 valence electrons. The Bertz CT molecular complexity index is 510. The molecule has 1 fully saturated rings. The molecule has 1 aromatic carbocycles. The first-order valence-corrected chi connectivity index (χ1v) is 6.84. The van der Waals surface area contributed by atoms with Gasteiger partial charge in [-0.3, -0.25) is 14.9 Å². The van der Waals surface area contributed by atoms with Crippen molar-refractivity contribution in [2.75, 3.05) is 13.1 Å². The van der Waals surface area contributed by atoms with Crippen molar-refractivity contribution in [1.29, 1.82) is 0 Å².